The van der Waals surface area contributed by atoms with E-state index in [4.69, 9.17) is 11.6 Å². The average molecular weight is 293 g/mol. The van der Waals surface area contributed by atoms with E-state index in [-0.39, 0.29) is 5.91 Å². The first-order chi connectivity index (χ1) is 9.74. The molecule has 0 aliphatic carbocycles. The van der Waals surface area contributed by atoms with Crippen LogP contribution >= 0.6 is 11.6 Å². The van der Waals surface area contributed by atoms with Crippen molar-refractivity contribution in [1.82, 2.24) is 10.2 Å². The normalized spacial score (nSPS) is 16.4. The van der Waals surface area contributed by atoms with Gasteiger partial charge in [-0.2, -0.15) is 0 Å². The fourth-order valence-corrected chi connectivity index (χ4v) is 2.56. The van der Waals surface area contributed by atoms with Crippen LogP contribution in [-0.4, -0.2) is 37.0 Å². The van der Waals surface area contributed by atoms with Crippen molar-refractivity contribution in [1.29, 1.82) is 0 Å². The quantitative estimate of drug-likeness (QED) is 0.846. The molecule has 0 atom stereocenters. The molecule has 1 aliphatic heterocycles. The topological polar surface area (TPSA) is 32.3 Å². The van der Waals surface area contributed by atoms with Gasteiger partial charge in [-0.3, -0.25) is 4.79 Å². The summed E-state index contributed by atoms with van der Waals surface area (Å²) in [5.74, 6) is -0.0537. The number of hydrogen-bond donors (Lipinski definition) is 1. The van der Waals surface area contributed by atoms with Gasteiger partial charge in [-0.05, 0) is 49.7 Å². The highest BCUT2D eigenvalue weighted by Gasteiger charge is 2.09. The standard InChI is InChI=1S/C16H21ClN2O/c17-15-6-4-5-14(13-15)7-8-16(20)18-9-12-19-10-2-1-3-11-19/h4-8,13H,1-3,9-12H2,(H,18,20)/b8-7+. The number of likely N-dealkylation sites (tertiary alicyclic amines) is 1. The third kappa shape index (κ3) is 5.35. The second-order valence-corrected chi connectivity index (χ2v) is 5.52. The second kappa shape index (κ2) is 8.08. The molecule has 3 nitrogen and oxygen atoms in total. The van der Waals surface area contributed by atoms with Crippen molar-refractivity contribution in [2.45, 2.75) is 19.3 Å². The van der Waals surface area contributed by atoms with E-state index in [2.05, 4.69) is 10.2 Å². The predicted octanol–water partition coefficient (Wildman–Crippen LogP) is 2.96. The van der Waals surface area contributed by atoms with Crippen molar-refractivity contribution in [2.75, 3.05) is 26.2 Å². The number of halogens is 1. The van der Waals surface area contributed by atoms with E-state index in [1.807, 2.05) is 24.3 Å². The molecule has 1 fully saturated rings. The third-order valence-corrected chi connectivity index (χ3v) is 3.69. The van der Waals surface area contributed by atoms with Crippen LogP contribution in [0.3, 0.4) is 0 Å². The van der Waals surface area contributed by atoms with E-state index >= 15 is 0 Å². The fraction of sp³-hybridized carbons (Fsp3) is 0.438. The van der Waals surface area contributed by atoms with Crippen LogP contribution in [0.1, 0.15) is 24.8 Å². The maximum Gasteiger partial charge on any atom is 0.244 e. The van der Waals surface area contributed by atoms with Crippen LogP contribution in [-0.2, 0) is 4.79 Å². The molecule has 2 rings (SSSR count). The van der Waals surface area contributed by atoms with E-state index in [1.54, 1.807) is 12.2 Å². The number of benzene rings is 1. The van der Waals surface area contributed by atoms with Gasteiger partial charge in [0.05, 0.1) is 0 Å². The Balaban J connectivity index is 1.69. The minimum absolute atomic E-state index is 0.0537. The lowest BCUT2D eigenvalue weighted by molar-refractivity contribution is -0.116. The highest BCUT2D eigenvalue weighted by molar-refractivity contribution is 6.30. The molecule has 1 heterocycles. The van der Waals surface area contributed by atoms with Gasteiger partial charge in [0.1, 0.15) is 0 Å². The first-order valence-electron chi connectivity index (χ1n) is 7.18. The summed E-state index contributed by atoms with van der Waals surface area (Å²) >= 11 is 5.89. The van der Waals surface area contributed by atoms with Gasteiger partial charge >= 0.3 is 0 Å². The molecule has 108 valence electrons. The molecule has 0 unspecified atom stereocenters. The maximum atomic E-state index is 11.7. The van der Waals surface area contributed by atoms with Gasteiger partial charge in [0, 0.05) is 24.2 Å². The first-order valence-corrected chi connectivity index (χ1v) is 7.56. The molecule has 0 spiro atoms. The SMILES string of the molecule is O=C(/C=C/c1cccc(Cl)c1)NCCN1CCCCC1. The summed E-state index contributed by atoms with van der Waals surface area (Å²) in [5.41, 5.74) is 0.934. The fourth-order valence-electron chi connectivity index (χ4n) is 2.36. The molecule has 0 bridgehead atoms. The van der Waals surface area contributed by atoms with Crippen LogP contribution in [0.5, 0.6) is 0 Å². The minimum atomic E-state index is -0.0537. The molecule has 0 radical (unpaired) electrons. The zero-order valence-electron chi connectivity index (χ0n) is 11.6. The van der Waals surface area contributed by atoms with Crippen LogP contribution < -0.4 is 5.32 Å². The van der Waals surface area contributed by atoms with Gasteiger partial charge in [-0.25, -0.2) is 0 Å². The predicted molar refractivity (Wildman–Crippen MR) is 83.8 cm³/mol. The highest BCUT2D eigenvalue weighted by atomic mass is 35.5. The summed E-state index contributed by atoms with van der Waals surface area (Å²) < 4.78 is 0. The Bertz CT molecular complexity index is 467. The second-order valence-electron chi connectivity index (χ2n) is 5.08. The Morgan fingerprint density at radius 1 is 1.30 bits per heavy atom. The highest BCUT2D eigenvalue weighted by Crippen LogP contribution is 2.11. The number of hydrogen-bond acceptors (Lipinski definition) is 2. The van der Waals surface area contributed by atoms with Gasteiger partial charge in [0.2, 0.25) is 5.91 Å². The Morgan fingerprint density at radius 3 is 2.85 bits per heavy atom. The van der Waals surface area contributed by atoms with E-state index in [0.29, 0.717) is 11.6 Å². The Kier molecular flexibility index (Phi) is 6.09. The van der Waals surface area contributed by atoms with Crippen molar-refractivity contribution < 1.29 is 4.79 Å². The Hall–Kier alpha value is -1.32. The average Bonchev–Trinajstić information content (AvgIpc) is 2.46. The lowest BCUT2D eigenvalue weighted by atomic mass is 10.1. The molecular formula is C16H21ClN2O. The van der Waals surface area contributed by atoms with Crippen LogP contribution in [0.15, 0.2) is 30.3 Å². The molecule has 1 aliphatic rings. The van der Waals surface area contributed by atoms with Crippen molar-refractivity contribution in [3.63, 3.8) is 0 Å². The molecule has 1 aromatic rings. The van der Waals surface area contributed by atoms with Crippen LogP contribution in [0.25, 0.3) is 6.08 Å². The first kappa shape index (κ1) is 15.1. The van der Waals surface area contributed by atoms with E-state index in [1.165, 1.54) is 19.3 Å². The maximum absolute atomic E-state index is 11.7. The number of piperidine rings is 1. The summed E-state index contributed by atoms with van der Waals surface area (Å²) in [4.78, 5) is 14.1. The van der Waals surface area contributed by atoms with E-state index in [9.17, 15) is 4.79 Å². The molecule has 20 heavy (non-hydrogen) atoms. The van der Waals surface area contributed by atoms with Crippen molar-refractivity contribution in [3.05, 3.63) is 40.9 Å². The molecule has 1 amide bonds. The molecular weight excluding hydrogens is 272 g/mol. The third-order valence-electron chi connectivity index (χ3n) is 3.45. The molecule has 1 N–H and O–H groups in total. The van der Waals surface area contributed by atoms with E-state index < -0.39 is 0 Å². The van der Waals surface area contributed by atoms with Crippen LogP contribution in [0.4, 0.5) is 0 Å². The molecule has 1 saturated heterocycles. The van der Waals surface area contributed by atoms with Crippen molar-refractivity contribution in [2.24, 2.45) is 0 Å². The van der Waals surface area contributed by atoms with Gasteiger partial charge in [-0.15, -0.1) is 0 Å². The minimum Gasteiger partial charge on any atom is -0.351 e. The molecule has 1 aromatic carbocycles. The van der Waals surface area contributed by atoms with Gasteiger partial charge in [-0.1, -0.05) is 30.2 Å². The molecule has 0 aromatic heterocycles. The smallest absolute Gasteiger partial charge is 0.244 e. The van der Waals surface area contributed by atoms with Crippen molar-refractivity contribution >= 4 is 23.6 Å². The number of carbonyl (C=O) groups is 1. The van der Waals surface area contributed by atoms with Gasteiger partial charge in [0.15, 0.2) is 0 Å². The van der Waals surface area contributed by atoms with Crippen molar-refractivity contribution in [3.8, 4) is 0 Å². The zero-order chi connectivity index (χ0) is 14.2. The molecule has 0 saturated carbocycles. The van der Waals surface area contributed by atoms with Gasteiger partial charge < -0.3 is 10.2 Å². The summed E-state index contributed by atoms with van der Waals surface area (Å²) in [5, 5.41) is 3.59. The number of rotatable bonds is 5. The Labute approximate surface area is 125 Å². The lowest BCUT2D eigenvalue weighted by Crippen LogP contribution is -2.37. The van der Waals surface area contributed by atoms with Gasteiger partial charge in [0.25, 0.3) is 0 Å². The summed E-state index contributed by atoms with van der Waals surface area (Å²) in [6.07, 6.45) is 7.24. The number of nitrogens with zero attached hydrogens (tertiary/aromatic N) is 1. The zero-order valence-corrected chi connectivity index (χ0v) is 12.4. The summed E-state index contributed by atoms with van der Waals surface area (Å²) in [6, 6.07) is 7.44. The lowest BCUT2D eigenvalue weighted by Gasteiger charge is -2.26. The number of carbonyl (C=O) groups excluding carboxylic acids is 1. The van der Waals surface area contributed by atoms with E-state index in [0.717, 1.165) is 25.2 Å². The summed E-state index contributed by atoms with van der Waals surface area (Å²) in [7, 11) is 0. The van der Waals surface area contributed by atoms with Crippen LogP contribution in [0, 0.1) is 0 Å². The number of nitrogens with one attached hydrogen (secondary N) is 1. The summed E-state index contributed by atoms with van der Waals surface area (Å²) in [6.45, 7) is 3.97. The number of amides is 1. The molecule has 4 heteroatoms. The largest absolute Gasteiger partial charge is 0.351 e. The monoisotopic (exact) mass is 292 g/mol. The van der Waals surface area contributed by atoms with Crippen LogP contribution in [0.2, 0.25) is 5.02 Å². The Morgan fingerprint density at radius 2 is 2.10 bits per heavy atom.